The smallest absolute Gasteiger partial charge is 0.326 e. The molecule has 20 heavy (non-hydrogen) atoms. The number of carboxylic acids is 1. The van der Waals surface area contributed by atoms with Gasteiger partial charge in [0.25, 0.3) is 0 Å². The second-order valence-corrected chi connectivity index (χ2v) is 5.43. The summed E-state index contributed by atoms with van der Waals surface area (Å²) in [6, 6.07) is 7.15. The van der Waals surface area contributed by atoms with Gasteiger partial charge in [-0.25, -0.2) is 4.79 Å². The minimum atomic E-state index is -0.991. The lowest BCUT2D eigenvalue weighted by molar-refractivity contribution is -0.142. The summed E-state index contributed by atoms with van der Waals surface area (Å²) in [6.45, 7) is 4.56. The van der Waals surface area contributed by atoms with E-state index in [4.69, 9.17) is 5.11 Å². The van der Waals surface area contributed by atoms with Crippen LogP contribution in [0, 0.1) is 5.92 Å². The molecule has 1 aromatic carbocycles. The van der Waals surface area contributed by atoms with Crippen molar-refractivity contribution in [3.05, 3.63) is 29.8 Å². The van der Waals surface area contributed by atoms with Crippen LogP contribution in [-0.2, 0) is 16.0 Å². The van der Waals surface area contributed by atoms with Gasteiger partial charge in [0.05, 0.1) is 6.54 Å². The quantitative estimate of drug-likeness (QED) is 0.850. The maximum absolute atomic E-state index is 12.0. The lowest BCUT2D eigenvalue weighted by atomic mass is 10.0. The van der Waals surface area contributed by atoms with E-state index in [0.717, 1.165) is 18.7 Å². The van der Waals surface area contributed by atoms with Crippen LogP contribution in [0.4, 0.5) is 5.69 Å². The fourth-order valence-corrected chi connectivity index (χ4v) is 2.48. The number of benzene rings is 1. The van der Waals surface area contributed by atoms with E-state index in [1.165, 1.54) is 5.56 Å². The van der Waals surface area contributed by atoms with E-state index in [9.17, 15) is 9.59 Å². The van der Waals surface area contributed by atoms with Crippen molar-refractivity contribution in [2.24, 2.45) is 5.92 Å². The summed E-state index contributed by atoms with van der Waals surface area (Å²) >= 11 is 0. The lowest BCUT2D eigenvalue weighted by Crippen LogP contribution is -2.47. The second-order valence-electron chi connectivity index (χ2n) is 5.43. The van der Waals surface area contributed by atoms with E-state index < -0.39 is 12.0 Å². The number of fused-ring (bicyclic) bond motifs is 1. The molecule has 1 aromatic rings. The van der Waals surface area contributed by atoms with E-state index in [1.807, 2.05) is 23.1 Å². The highest BCUT2D eigenvalue weighted by Crippen LogP contribution is 2.26. The number of carboxylic acid groups (broad SMARTS) is 1. The van der Waals surface area contributed by atoms with Gasteiger partial charge in [0.15, 0.2) is 0 Å². The maximum atomic E-state index is 12.0. The Morgan fingerprint density at radius 1 is 1.35 bits per heavy atom. The topological polar surface area (TPSA) is 69.6 Å². The van der Waals surface area contributed by atoms with E-state index in [-0.39, 0.29) is 18.4 Å². The summed E-state index contributed by atoms with van der Waals surface area (Å²) in [5, 5.41) is 11.7. The number of aliphatic carboxylic acids is 1. The Kier molecular flexibility index (Phi) is 4.27. The number of carbonyl (C=O) groups excluding carboxylic acids is 1. The molecule has 0 aromatic heterocycles. The molecule has 1 atom stereocenters. The average molecular weight is 276 g/mol. The molecule has 1 heterocycles. The van der Waals surface area contributed by atoms with Crippen molar-refractivity contribution in [2.45, 2.75) is 26.3 Å². The number of carbonyl (C=O) groups is 2. The van der Waals surface area contributed by atoms with Crippen LogP contribution >= 0.6 is 0 Å². The predicted octanol–water partition coefficient (Wildman–Crippen LogP) is 1.27. The molecule has 0 aliphatic carbocycles. The fraction of sp³-hybridized carbons (Fsp3) is 0.467. The van der Waals surface area contributed by atoms with Crippen LogP contribution in [0.3, 0.4) is 0 Å². The molecule has 0 saturated heterocycles. The SMILES string of the molecule is CC(C)C(NC(=O)CN1CCc2ccccc21)C(=O)O. The Bertz CT molecular complexity index is 514. The molecule has 5 nitrogen and oxygen atoms in total. The fourth-order valence-electron chi connectivity index (χ4n) is 2.48. The summed E-state index contributed by atoms with van der Waals surface area (Å²) in [5.41, 5.74) is 2.30. The Hall–Kier alpha value is -2.04. The molecule has 1 aliphatic heterocycles. The van der Waals surface area contributed by atoms with Gasteiger partial charge >= 0.3 is 5.97 Å². The summed E-state index contributed by atoms with van der Waals surface area (Å²) < 4.78 is 0. The van der Waals surface area contributed by atoms with Gasteiger partial charge in [0.2, 0.25) is 5.91 Å². The third kappa shape index (κ3) is 3.10. The number of hydrogen-bond donors (Lipinski definition) is 2. The van der Waals surface area contributed by atoms with Crippen LogP contribution in [-0.4, -0.2) is 36.1 Å². The van der Waals surface area contributed by atoms with Crippen LogP contribution < -0.4 is 10.2 Å². The molecule has 0 radical (unpaired) electrons. The number of anilines is 1. The van der Waals surface area contributed by atoms with Crippen molar-refractivity contribution in [1.82, 2.24) is 5.32 Å². The number of amides is 1. The molecule has 5 heteroatoms. The molecule has 0 fully saturated rings. The number of hydrogen-bond acceptors (Lipinski definition) is 3. The van der Waals surface area contributed by atoms with Crippen LogP contribution in [0.15, 0.2) is 24.3 Å². The van der Waals surface area contributed by atoms with Crippen molar-refractivity contribution < 1.29 is 14.7 Å². The molecule has 2 N–H and O–H groups in total. The van der Waals surface area contributed by atoms with E-state index >= 15 is 0 Å². The van der Waals surface area contributed by atoms with Gasteiger partial charge in [-0.15, -0.1) is 0 Å². The summed E-state index contributed by atoms with van der Waals surface area (Å²) in [4.78, 5) is 25.1. The van der Waals surface area contributed by atoms with Gasteiger partial charge in [-0.1, -0.05) is 32.0 Å². The maximum Gasteiger partial charge on any atom is 0.326 e. The molecular formula is C15H20N2O3. The highest BCUT2D eigenvalue weighted by atomic mass is 16.4. The summed E-state index contributed by atoms with van der Waals surface area (Å²) in [7, 11) is 0. The van der Waals surface area contributed by atoms with Gasteiger partial charge in [-0.3, -0.25) is 4.79 Å². The monoisotopic (exact) mass is 276 g/mol. The van der Waals surface area contributed by atoms with Crippen LogP contribution in [0.2, 0.25) is 0 Å². The Morgan fingerprint density at radius 3 is 2.70 bits per heavy atom. The van der Waals surface area contributed by atoms with Crippen LogP contribution in [0.5, 0.6) is 0 Å². The second kappa shape index (κ2) is 5.94. The third-order valence-electron chi connectivity index (χ3n) is 3.57. The van der Waals surface area contributed by atoms with Gasteiger partial charge in [-0.05, 0) is 24.0 Å². The zero-order valence-corrected chi connectivity index (χ0v) is 11.8. The number of nitrogens with zero attached hydrogens (tertiary/aromatic N) is 1. The Balaban J connectivity index is 1.98. The molecule has 0 spiro atoms. The van der Waals surface area contributed by atoms with Crippen molar-refractivity contribution in [2.75, 3.05) is 18.0 Å². The zero-order chi connectivity index (χ0) is 14.7. The van der Waals surface area contributed by atoms with Gasteiger partial charge < -0.3 is 15.3 Å². The Morgan fingerprint density at radius 2 is 2.05 bits per heavy atom. The Labute approximate surface area is 118 Å². The van der Waals surface area contributed by atoms with E-state index in [2.05, 4.69) is 11.4 Å². The third-order valence-corrected chi connectivity index (χ3v) is 3.57. The largest absolute Gasteiger partial charge is 0.480 e. The van der Waals surface area contributed by atoms with Crippen molar-refractivity contribution in [1.29, 1.82) is 0 Å². The predicted molar refractivity (Wildman–Crippen MR) is 76.8 cm³/mol. The normalized spacial score (nSPS) is 15.1. The van der Waals surface area contributed by atoms with Crippen LogP contribution in [0.1, 0.15) is 19.4 Å². The molecule has 1 amide bonds. The van der Waals surface area contributed by atoms with Gasteiger partial charge in [0, 0.05) is 12.2 Å². The first-order valence-electron chi connectivity index (χ1n) is 6.84. The standard InChI is InChI=1S/C15H20N2O3/c1-10(2)14(15(19)20)16-13(18)9-17-8-7-11-5-3-4-6-12(11)17/h3-6,10,14H,7-9H2,1-2H3,(H,16,18)(H,19,20). The number of nitrogens with one attached hydrogen (secondary N) is 1. The van der Waals surface area contributed by atoms with Crippen molar-refractivity contribution in [3.8, 4) is 0 Å². The molecule has 0 saturated carbocycles. The molecule has 2 rings (SSSR count). The molecular weight excluding hydrogens is 256 g/mol. The minimum absolute atomic E-state index is 0.137. The lowest BCUT2D eigenvalue weighted by Gasteiger charge is -2.22. The number of para-hydroxylation sites is 1. The van der Waals surface area contributed by atoms with E-state index in [1.54, 1.807) is 13.8 Å². The first kappa shape index (κ1) is 14.4. The molecule has 1 aliphatic rings. The van der Waals surface area contributed by atoms with Crippen molar-refractivity contribution in [3.63, 3.8) is 0 Å². The van der Waals surface area contributed by atoms with E-state index in [0.29, 0.717) is 0 Å². The van der Waals surface area contributed by atoms with Crippen molar-refractivity contribution >= 4 is 17.6 Å². The first-order chi connectivity index (χ1) is 9.49. The average Bonchev–Trinajstić information content (AvgIpc) is 2.79. The van der Waals surface area contributed by atoms with Crippen LogP contribution in [0.25, 0.3) is 0 Å². The molecule has 0 bridgehead atoms. The van der Waals surface area contributed by atoms with Gasteiger partial charge in [0.1, 0.15) is 6.04 Å². The highest BCUT2D eigenvalue weighted by Gasteiger charge is 2.26. The molecule has 1 unspecified atom stereocenters. The summed E-state index contributed by atoms with van der Waals surface area (Å²) in [6.07, 6.45) is 0.927. The first-order valence-corrected chi connectivity index (χ1v) is 6.84. The van der Waals surface area contributed by atoms with Gasteiger partial charge in [-0.2, -0.15) is 0 Å². The zero-order valence-electron chi connectivity index (χ0n) is 11.8. The summed E-state index contributed by atoms with van der Waals surface area (Å²) in [5.74, 6) is -1.37. The molecule has 108 valence electrons. The number of rotatable bonds is 5. The minimum Gasteiger partial charge on any atom is -0.480 e. The highest BCUT2D eigenvalue weighted by molar-refractivity contribution is 5.87.